The summed E-state index contributed by atoms with van der Waals surface area (Å²) in [6, 6.07) is 60.8. The van der Waals surface area contributed by atoms with Crippen LogP contribution in [0.1, 0.15) is 0 Å². The molecule has 0 fully saturated rings. The zero-order valence-corrected chi connectivity index (χ0v) is 26.9. The van der Waals surface area contributed by atoms with Crippen LogP contribution in [-0.2, 0) is 0 Å². The third-order valence-electron chi connectivity index (χ3n) is 9.52. The Kier molecular flexibility index (Phi) is 6.46. The van der Waals surface area contributed by atoms with Crippen molar-refractivity contribution in [3.63, 3.8) is 0 Å². The van der Waals surface area contributed by atoms with Crippen LogP contribution in [0, 0.1) is 0 Å². The molecular formula is C46H29NO3. The molecule has 4 nitrogen and oxygen atoms in total. The van der Waals surface area contributed by atoms with Crippen LogP contribution < -0.4 is 14.4 Å². The molecule has 236 valence electrons. The molecule has 2 heterocycles. The van der Waals surface area contributed by atoms with Crippen molar-refractivity contribution in [3.8, 4) is 45.3 Å². The summed E-state index contributed by atoms with van der Waals surface area (Å²) in [7, 11) is 0. The molecule has 0 bridgehead atoms. The quantitative estimate of drug-likeness (QED) is 0.187. The molecule has 0 saturated carbocycles. The van der Waals surface area contributed by atoms with Crippen molar-refractivity contribution in [1.82, 2.24) is 0 Å². The van der Waals surface area contributed by atoms with Gasteiger partial charge in [-0.25, -0.2) is 0 Å². The van der Waals surface area contributed by atoms with Crippen LogP contribution in [0.4, 0.5) is 17.1 Å². The van der Waals surface area contributed by atoms with Crippen molar-refractivity contribution in [2.75, 3.05) is 4.90 Å². The van der Waals surface area contributed by atoms with Gasteiger partial charge in [0, 0.05) is 33.8 Å². The number of hydrogen-bond donors (Lipinski definition) is 0. The molecule has 0 atom stereocenters. The van der Waals surface area contributed by atoms with Crippen LogP contribution >= 0.6 is 0 Å². The molecule has 0 N–H and O–H groups in total. The van der Waals surface area contributed by atoms with Crippen LogP contribution in [0.2, 0.25) is 0 Å². The topological polar surface area (TPSA) is 34.8 Å². The molecule has 0 radical (unpaired) electrons. The molecule has 0 spiro atoms. The second-order valence-electron chi connectivity index (χ2n) is 12.5. The minimum atomic E-state index is 0.670. The van der Waals surface area contributed by atoms with E-state index in [9.17, 15) is 0 Å². The summed E-state index contributed by atoms with van der Waals surface area (Å²) in [6.07, 6.45) is 0. The van der Waals surface area contributed by atoms with Gasteiger partial charge in [-0.15, -0.1) is 0 Å². The Morgan fingerprint density at radius 1 is 0.380 bits per heavy atom. The predicted octanol–water partition coefficient (Wildman–Crippen LogP) is 13.4. The summed E-state index contributed by atoms with van der Waals surface area (Å²) in [6.45, 7) is 0. The first-order chi connectivity index (χ1) is 24.8. The predicted molar refractivity (Wildman–Crippen MR) is 203 cm³/mol. The molecule has 4 heteroatoms. The van der Waals surface area contributed by atoms with Gasteiger partial charge in [-0.2, -0.15) is 0 Å². The van der Waals surface area contributed by atoms with E-state index in [2.05, 4.69) is 132 Å². The Bertz CT molecular complexity index is 2710. The van der Waals surface area contributed by atoms with E-state index in [1.807, 2.05) is 48.5 Å². The molecule has 0 unspecified atom stereocenters. The standard InChI is InChI=1S/C46H29NO3/c1-2-10-30(11-3-1)31-20-23-34(24-21-31)47(35-25-26-38-37-15-5-7-17-40(37)48-44(38)29-35)39-16-6-4-14-36(39)33-22-27-41-45(28-33)50-43-19-9-13-32-12-8-18-42(49-41)46(32)43/h1-29H. The molecular weight excluding hydrogens is 615 g/mol. The molecule has 50 heavy (non-hydrogen) atoms. The Balaban J connectivity index is 1.12. The lowest BCUT2D eigenvalue weighted by atomic mass is 10.0. The molecule has 10 rings (SSSR count). The highest BCUT2D eigenvalue weighted by atomic mass is 16.5. The van der Waals surface area contributed by atoms with Crippen molar-refractivity contribution in [2.24, 2.45) is 0 Å². The Labute approximate surface area is 289 Å². The van der Waals surface area contributed by atoms with Crippen molar-refractivity contribution in [2.45, 2.75) is 0 Å². The van der Waals surface area contributed by atoms with Crippen LogP contribution in [0.25, 0.3) is 55.0 Å². The van der Waals surface area contributed by atoms with Gasteiger partial charge in [0.2, 0.25) is 0 Å². The lowest BCUT2D eigenvalue weighted by molar-refractivity contribution is 0.439. The average molecular weight is 644 g/mol. The van der Waals surface area contributed by atoms with Crippen LogP contribution in [0.15, 0.2) is 180 Å². The summed E-state index contributed by atoms with van der Waals surface area (Å²) in [4.78, 5) is 2.30. The average Bonchev–Trinajstić information content (AvgIpc) is 3.46. The van der Waals surface area contributed by atoms with E-state index in [-0.39, 0.29) is 0 Å². The number of para-hydroxylation sites is 2. The van der Waals surface area contributed by atoms with Gasteiger partial charge in [0.25, 0.3) is 0 Å². The van der Waals surface area contributed by atoms with Crippen molar-refractivity contribution < 1.29 is 13.9 Å². The molecule has 0 saturated heterocycles. The smallest absolute Gasteiger partial charge is 0.170 e. The Morgan fingerprint density at radius 3 is 1.88 bits per heavy atom. The van der Waals surface area contributed by atoms with Gasteiger partial charge >= 0.3 is 0 Å². The Morgan fingerprint density at radius 2 is 1.04 bits per heavy atom. The monoisotopic (exact) mass is 643 g/mol. The third-order valence-corrected chi connectivity index (χ3v) is 9.52. The minimum Gasteiger partial charge on any atom is -0.456 e. The number of furan rings is 1. The molecule has 1 aliphatic rings. The van der Waals surface area contributed by atoms with E-state index in [0.717, 1.165) is 78.0 Å². The largest absolute Gasteiger partial charge is 0.456 e. The number of hydrogen-bond acceptors (Lipinski definition) is 4. The van der Waals surface area contributed by atoms with Crippen molar-refractivity contribution in [3.05, 3.63) is 176 Å². The van der Waals surface area contributed by atoms with E-state index < -0.39 is 0 Å². The summed E-state index contributed by atoms with van der Waals surface area (Å²) < 4.78 is 19.4. The van der Waals surface area contributed by atoms with Gasteiger partial charge in [0.1, 0.15) is 22.7 Å². The number of ether oxygens (including phenoxy) is 2. The van der Waals surface area contributed by atoms with E-state index in [1.165, 1.54) is 5.56 Å². The van der Waals surface area contributed by atoms with E-state index in [1.54, 1.807) is 0 Å². The minimum absolute atomic E-state index is 0.670. The normalized spacial score (nSPS) is 11.9. The molecule has 9 aromatic rings. The van der Waals surface area contributed by atoms with Gasteiger partial charge in [0.05, 0.1) is 11.1 Å². The zero-order valence-electron chi connectivity index (χ0n) is 26.9. The zero-order chi connectivity index (χ0) is 33.0. The fourth-order valence-corrected chi connectivity index (χ4v) is 7.15. The van der Waals surface area contributed by atoms with Crippen LogP contribution in [-0.4, -0.2) is 0 Å². The fraction of sp³-hybridized carbons (Fsp3) is 0. The van der Waals surface area contributed by atoms with Gasteiger partial charge in [-0.05, 0) is 82.7 Å². The first-order valence-corrected chi connectivity index (χ1v) is 16.7. The maximum absolute atomic E-state index is 6.59. The SMILES string of the molecule is c1ccc(-c2ccc(N(c3ccc4c(c3)oc3ccccc34)c3ccccc3-c3ccc4c(c3)Oc3cccc5cccc(c35)O4)cc2)cc1. The number of fused-ring (bicyclic) bond motifs is 4. The number of anilines is 3. The lowest BCUT2D eigenvalue weighted by Gasteiger charge is -2.28. The van der Waals surface area contributed by atoms with E-state index in [4.69, 9.17) is 13.9 Å². The fourth-order valence-electron chi connectivity index (χ4n) is 7.15. The van der Waals surface area contributed by atoms with Gasteiger partial charge in [-0.1, -0.05) is 109 Å². The molecule has 0 aliphatic carbocycles. The highest BCUT2D eigenvalue weighted by Crippen LogP contribution is 2.49. The van der Waals surface area contributed by atoms with Crippen LogP contribution in [0.5, 0.6) is 23.0 Å². The highest BCUT2D eigenvalue weighted by molar-refractivity contribution is 6.06. The maximum atomic E-state index is 6.59. The number of benzene rings is 8. The van der Waals surface area contributed by atoms with E-state index in [0.29, 0.717) is 11.5 Å². The summed E-state index contributed by atoms with van der Waals surface area (Å²) in [5, 5.41) is 4.25. The van der Waals surface area contributed by atoms with Gasteiger partial charge < -0.3 is 18.8 Å². The summed E-state index contributed by atoms with van der Waals surface area (Å²) >= 11 is 0. The lowest BCUT2D eigenvalue weighted by Crippen LogP contribution is -2.11. The summed E-state index contributed by atoms with van der Waals surface area (Å²) in [5.41, 5.74) is 9.18. The maximum Gasteiger partial charge on any atom is 0.170 e. The second kappa shape index (κ2) is 11.4. The van der Waals surface area contributed by atoms with Crippen molar-refractivity contribution in [1.29, 1.82) is 0 Å². The van der Waals surface area contributed by atoms with Crippen molar-refractivity contribution >= 4 is 49.8 Å². The first-order valence-electron chi connectivity index (χ1n) is 16.7. The molecule has 1 aliphatic heterocycles. The van der Waals surface area contributed by atoms with Crippen LogP contribution in [0.3, 0.4) is 0 Å². The third kappa shape index (κ3) is 4.69. The number of rotatable bonds is 5. The van der Waals surface area contributed by atoms with Gasteiger partial charge in [-0.3, -0.25) is 0 Å². The first kappa shape index (κ1) is 28.3. The summed E-state index contributed by atoms with van der Waals surface area (Å²) in [5.74, 6) is 2.92. The molecule has 1 aromatic heterocycles. The molecule has 0 amide bonds. The van der Waals surface area contributed by atoms with Gasteiger partial charge in [0.15, 0.2) is 11.5 Å². The van der Waals surface area contributed by atoms with E-state index >= 15 is 0 Å². The number of nitrogens with zero attached hydrogens (tertiary/aromatic N) is 1. The second-order valence-corrected chi connectivity index (χ2v) is 12.5. The Hall–Kier alpha value is -6.78. The molecule has 8 aromatic carbocycles. The highest BCUT2D eigenvalue weighted by Gasteiger charge is 2.22.